The molecule has 3 heterocycles. The van der Waals surface area contributed by atoms with E-state index in [1.54, 1.807) is 62.4 Å². The Bertz CT molecular complexity index is 2700. The molecule has 0 atom stereocenters. The van der Waals surface area contributed by atoms with Crippen molar-refractivity contribution in [2.24, 2.45) is 0 Å². The second kappa shape index (κ2) is 11.5. The second-order valence-corrected chi connectivity index (χ2v) is 12.2. The Kier molecular flexibility index (Phi) is 7.03. The van der Waals surface area contributed by atoms with E-state index in [2.05, 4.69) is 39.2 Å². The summed E-state index contributed by atoms with van der Waals surface area (Å²) in [6.07, 6.45) is -5.00. The SMILES string of the molecule is Cc1nc(C)nc(-c2cc(-n3c4cc(C#N)ccc4c4ccc(C#N)cc43)c(C(F)(F)F)c(-n3c4cc(C#N)ccc4c4ccc(C#N)cc43)c2)n1. The molecule has 0 aliphatic rings. The van der Waals surface area contributed by atoms with E-state index >= 15 is 13.2 Å². The molecule has 0 unspecified atom stereocenters. The van der Waals surface area contributed by atoms with E-state index in [0.29, 0.717) is 55.3 Å². The molecule has 246 valence electrons. The fraction of sp³-hybridized carbons (Fsp3) is 0.0750. The summed E-state index contributed by atoms with van der Waals surface area (Å²) in [5.74, 6) is 0.830. The van der Waals surface area contributed by atoms with Crippen molar-refractivity contribution in [1.29, 1.82) is 21.0 Å². The lowest BCUT2D eigenvalue weighted by molar-refractivity contribution is -0.137. The van der Waals surface area contributed by atoms with E-state index < -0.39 is 11.7 Å². The van der Waals surface area contributed by atoms with E-state index in [9.17, 15) is 21.0 Å². The van der Waals surface area contributed by atoms with Gasteiger partial charge in [-0.3, -0.25) is 0 Å². The van der Waals surface area contributed by atoms with Crippen LogP contribution in [-0.2, 0) is 6.18 Å². The van der Waals surface area contributed by atoms with Crippen LogP contribution in [0.15, 0.2) is 84.9 Å². The van der Waals surface area contributed by atoms with Crippen LogP contribution in [0, 0.1) is 59.2 Å². The Balaban J connectivity index is 1.65. The van der Waals surface area contributed by atoms with E-state index in [1.807, 2.05) is 0 Å². The molecule has 0 N–H and O–H groups in total. The largest absolute Gasteiger partial charge is 0.420 e. The van der Waals surface area contributed by atoms with Crippen molar-refractivity contribution in [3.05, 3.63) is 124 Å². The first-order chi connectivity index (χ1) is 25.0. The van der Waals surface area contributed by atoms with E-state index in [4.69, 9.17) is 0 Å². The maximum atomic E-state index is 16.1. The molecular weight excluding hydrogens is 663 g/mol. The van der Waals surface area contributed by atoms with Gasteiger partial charge in [-0.25, -0.2) is 15.0 Å². The Hall–Kier alpha value is -7.54. The number of benzene rings is 5. The van der Waals surface area contributed by atoms with Crippen LogP contribution in [0.3, 0.4) is 0 Å². The summed E-state index contributed by atoms with van der Waals surface area (Å²) in [4.78, 5) is 13.3. The van der Waals surface area contributed by atoms with Crippen molar-refractivity contribution >= 4 is 43.6 Å². The van der Waals surface area contributed by atoms with Crippen LogP contribution in [0.4, 0.5) is 13.2 Å². The molecule has 5 aromatic carbocycles. The van der Waals surface area contributed by atoms with Crippen molar-refractivity contribution in [2.45, 2.75) is 20.0 Å². The number of rotatable bonds is 3. The van der Waals surface area contributed by atoms with Gasteiger partial charge in [-0.1, -0.05) is 24.3 Å². The van der Waals surface area contributed by atoms with E-state index in [1.165, 1.54) is 45.5 Å². The van der Waals surface area contributed by atoms with Crippen molar-refractivity contribution < 1.29 is 13.2 Å². The summed E-state index contributed by atoms with van der Waals surface area (Å²) in [5.41, 5.74) is 0.659. The number of halogens is 3. The van der Waals surface area contributed by atoms with Crippen LogP contribution in [0.2, 0.25) is 0 Å². The average Bonchev–Trinajstić information content (AvgIpc) is 3.63. The minimum atomic E-state index is -5.00. The van der Waals surface area contributed by atoms with Crippen LogP contribution < -0.4 is 0 Å². The van der Waals surface area contributed by atoms with E-state index in [0.717, 1.165) is 0 Å². The second-order valence-electron chi connectivity index (χ2n) is 12.2. The van der Waals surface area contributed by atoms with Gasteiger partial charge in [0.05, 0.1) is 80.0 Å². The highest BCUT2D eigenvalue weighted by Crippen LogP contribution is 2.46. The average molecular weight is 684 g/mol. The van der Waals surface area contributed by atoms with Gasteiger partial charge in [0, 0.05) is 27.1 Å². The maximum Gasteiger partial charge on any atom is 0.420 e. The first-order valence-corrected chi connectivity index (χ1v) is 15.8. The van der Waals surface area contributed by atoms with Gasteiger partial charge in [0.1, 0.15) is 17.2 Å². The Morgan fingerprint density at radius 2 is 0.827 bits per heavy atom. The predicted octanol–water partition coefficient (Wildman–Crippen LogP) is 8.86. The highest BCUT2D eigenvalue weighted by atomic mass is 19.4. The highest BCUT2D eigenvalue weighted by Gasteiger charge is 2.40. The number of alkyl halides is 3. The number of nitrogens with zero attached hydrogens (tertiary/aromatic N) is 9. The van der Waals surface area contributed by atoms with E-state index in [-0.39, 0.29) is 45.0 Å². The normalized spacial score (nSPS) is 11.5. The van der Waals surface area contributed by atoms with Gasteiger partial charge in [0.25, 0.3) is 0 Å². The third kappa shape index (κ3) is 4.87. The summed E-state index contributed by atoms with van der Waals surface area (Å²) in [6.45, 7) is 3.31. The zero-order valence-corrected chi connectivity index (χ0v) is 27.2. The van der Waals surface area contributed by atoms with Crippen molar-refractivity contribution in [1.82, 2.24) is 24.1 Å². The van der Waals surface area contributed by atoms with Crippen LogP contribution in [0.5, 0.6) is 0 Å². The molecular formula is C40H20F3N9. The Morgan fingerprint density at radius 3 is 1.12 bits per heavy atom. The predicted molar refractivity (Wildman–Crippen MR) is 187 cm³/mol. The molecule has 0 amide bonds. The fourth-order valence-corrected chi connectivity index (χ4v) is 6.96. The fourth-order valence-electron chi connectivity index (χ4n) is 6.96. The topological polar surface area (TPSA) is 144 Å². The molecule has 8 aromatic rings. The first kappa shape index (κ1) is 31.7. The first-order valence-electron chi connectivity index (χ1n) is 15.8. The summed E-state index contributed by atoms with van der Waals surface area (Å²) < 4.78 is 51.0. The van der Waals surface area contributed by atoms with Crippen molar-refractivity contribution in [3.63, 3.8) is 0 Å². The maximum absolute atomic E-state index is 16.1. The van der Waals surface area contributed by atoms with Crippen molar-refractivity contribution in [2.75, 3.05) is 0 Å². The van der Waals surface area contributed by atoms with Gasteiger partial charge in [0.15, 0.2) is 5.82 Å². The summed E-state index contributed by atoms with van der Waals surface area (Å²) in [6, 6.07) is 30.2. The van der Waals surface area contributed by atoms with Crippen LogP contribution in [0.25, 0.3) is 66.4 Å². The molecule has 0 fully saturated rings. The third-order valence-corrected chi connectivity index (χ3v) is 9.03. The summed E-state index contributed by atoms with van der Waals surface area (Å²) in [7, 11) is 0. The summed E-state index contributed by atoms with van der Waals surface area (Å²) in [5, 5.41) is 41.7. The van der Waals surface area contributed by atoms with Gasteiger partial charge in [0.2, 0.25) is 0 Å². The number of hydrogen-bond acceptors (Lipinski definition) is 7. The molecule has 0 aliphatic heterocycles. The number of hydrogen-bond donors (Lipinski definition) is 0. The molecule has 3 aromatic heterocycles. The van der Waals surface area contributed by atoms with Gasteiger partial charge < -0.3 is 9.13 Å². The number of nitriles is 4. The highest BCUT2D eigenvalue weighted by molar-refractivity contribution is 6.11. The molecule has 52 heavy (non-hydrogen) atoms. The number of aryl methyl sites for hydroxylation is 2. The molecule has 0 saturated carbocycles. The summed E-state index contributed by atoms with van der Waals surface area (Å²) >= 11 is 0. The molecule has 9 nitrogen and oxygen atoms in total. The zero-order chi connectivity index (χ0) is 36.5. The minimum absolute atomic E-state index is 0.119. The molecule has 12 heteroatoms. The Morgan fingerprint density at radius 1 is 0.500 bits per heavy atom. The minimum Gasteiger partial charge on any atom is -0.308 e. The number of aromatic nitrogens is 5. The van der Waals surface area contributed by atoms with Crippen LogP contribution in [-0.4, -0.2) is 24.1 Å². The molecule has 0 aliphatic carbocycles. The zero-order valence-electron chi connectivity index (χ0n) is 27.2. The smallest absolute Gasteiger partial charge is 0.308 e. The third-order valence-electron chi connectivity index (χ3n) is 9.03. The monoisotopic (exact) mass is 683 g/mol. The van der Waals surface area contributed by atoms with Gasteiger partial charge >= 0.3 is 6.18 Å². The molecule has 0 radical (unpaired) electrons. The quantitative estimate of drug-likeness (QED) is 0.181. The molecule has 0 spiro atoms. The molecule has 0 bridgehead atoms. The lowest BCUT2D eigenvalue weighted by atomic mass is 10.0. The Labute approximate surface area is 292 Å². The lowest BCUT2D eigenvalue weighted by Gasteiger charge is -2.23. The van der Waals surface area contributed by atoms with Crippen LogP contribution in [0.1, 0.15) is 39.5 Å². The van der Waals surface area contributed by atoms with Gasteiger partial charge in [-0.15, -0.1) is 0 Å². The van der Waals surface area contributed by atoms with Gasteiger partial charge in [-0.05, 0) is 74.5 Å². The standard InChI is InChI=1S/C40H20F3N9/c1-21-48-22(2)50-39(49-21)27-15-36(51-32-11-23(17-44)3-7-28(32)29-8-4-24(18-45)12-33(29)51)38(40(41,42)43)37(16-27)52-34-13-25(19-46)5-9-30(34)31-10-6-26(20-47)14-35(31)52/h3-16H,1-2H3. The lowest BCUT2D eigenvalue weighted by Crippen LogP contribution is -2.16. The van der Waals surface area contributed by atoms with Crippen molar-refractivity contribution in [3.8, 4) is 47.0 Å². The molecule has 0 saturated heterocycles. The van der Waals surface area contributed by atoms with Crippen LogP contribution >= 0.6 is 0 Å². The number of fused-ring (bicyclic) bond motifs is 6. The van der Waals surface area contributed by atoms with Gasteiger partial charge in [-0.2, -0.15) is 34.2 Å². The molecule has 8 rings (SSSR count).